The molecule has 1 amide bonds. The summed E-state index contributed by atoms with van der Waals surface area (Å²) in [4.78, 5) is 14.7. The predicted octanol–water partition coefficient (Wildman–Crippen LogP) is 1.54. The van der Waals surface area contributed by atoms with Crippen molar-refractivity contribution in [1.29, 1.82) is 5.41 Å². The average molecular weight is 380 g/mol. The Bertz CT molecular complexity index is 764. The summed E-state index contributed by atoms with van der Waals surface area (Å²) in [7, 11) is 2.05. The maximum Gasteiger partial charge on any atom is 0.276 e. The number of carbonyl (C=O) groups is 1. The van der Waals surface area contributed by atoms with Gasteiger partial charge in [0.25, 0.3) is 11.8 Å². The fourth-order valence-electron chi connectivity index (χ4n) is 3.56. The van der Waals surface area contributed by atoms with Gasteiger partial charge in [0.15, 0.2) is 5.69 Å². The van der Waals surface area contributed by atoms with Crippen LogP contribution in [0.25, 0.3) is 0 Å². The number of amides is 1. The normalized spacial score (nSPS) is 21.9. The number of hydrogen-bond donors (Lipinski definition) is 4. The van der Waals surface area contributed by atoms with Crippen molar-refractivity contribution in [1.82, 2.24) is 25.7 Å². The van der Waals surface area contributed by atoms with E-state index in [-0.39, 0.29) is 23.4 Å². The Morgan fingerprint density at radius 3 is 2.74 bits per heavy atom. The number of alkyl halides is 2. The Hall–Kier alpha value is -2.29. The number of hydrogen-bond acceptors (Lipinski definition) is 5. The van der Waals surface area contributed by atoms with Gasteiger partial charge >= 0.3 is 0 Å². The van der Waals surface area contributed by atoms with Crippen LogP contribution in [-0.4, -0.2) is 59.8 Å². The minimum absolute atomic E-state index is 0.0338. The number of carbonyl (C=O) groups excluding carboxylic acids is 1. The van der Waals surface area contributed by atoms with E-state index >= 15 is 0 Å². The Kier molecular flexibility index (Phi) is 5.07. The number of nitrogens with one attached hydrogen (secondary N) is 4. The maximum absolute atomic E-state index is 14.4. The van der Waals surface area contributed by atoms with Crippen LogP contribution in [0.2, 0.25) is 0 Å². The molecule has 7 nitrogen and oxygen atoms in total. The van der Waals surface area contributed by atoms with Gasteiger partial charge in [-0.3, -0.25) is 9.89 Å². The summed E-state index contributed by atoms with van der Waals surface area (Å²) in [5.74, 6) is -2.97. The lowest BCUT2D eigenvalue weighted by molar-refractivity contribution is -0.111. The molecule has 1 fully saturated rings. The van der Waals surface area contributed by atoms with E-state index in [0.717, 1.165) is 25.8 Å². The highest BCUT2D eigenvalue weighted by atomic mass is 19.3. The molecule has 27 heavy (non-hydrogen) atoms. The Morgan fingerprint density at radius 1 is 1.41 bits per heavy atom. The zero-order valence-corrected chi connectivity index (χ0v) is 15.8. The third-order valence-corrected chi connectivity index (χ3v) is 5.39. The van der Waals surface area contributed by atoms with E-state index in [1.54, 1.807) is 6.20 Å². The lowest BCUT2D eigenvalue weighted by Gasteiger charge is -2.37. The summed E-state index contributed by atoms with van der Waals surface area (Å²) in [5, 5.41) is 19.8. The van der Waals surface area contributed by atoms with Crippen molar-refractivity contribution in [2.45, 2.75) is 32.6 Å². The van der Waals surface area contributed by atoms with Crippen LogP contribution in [0.3, 0.4) is 0 Å². The van der Waals surface area contributed by atoms with Gasteiger partial charge in [-0.25, -0.2) is 8.78 Å². The molecule has 0 spiro atoms. The number of rotatable bonds is 6. The molecule has 0 saturated carbocycles. The molecule has 1 aliphatic heterocycles. The highest BCUT2D eigenvalue weighted by Gasteiger charge is 2.51. The van der Waals surface area contributed by atoms with Crippen molar-refractivity contribution in [3.63, 3.8) is 0 Å². The Labute approximate surface area is 157 Å². The van der Waals surface area contributed by atoms with Crippen molar-refractivity contribution in [3.8, 4) is 0 Å². The number of halogens is 2. The third kappa shape index (κ3) is 3.87. The highest BCUT2D eigenvalue weighted by molar-refractivity contribution is 5.98. The largest absolute Gasteiger partial charge is 0.389 e. The lowest BCUT2D eigenvalue weighted by Crippen LogP contribution is -2.47. The molecule has 1 aliphatic carbocycles. The molecule has 0 atom stereocenters. The summed E-state index contributed by atoms with van der Waals surface area (Å²) in [6, 6.07) is 0. The van der Waals surface area contributed by atoms with Gasteiger partial charge in [-0.2, -0.15) is 5.10 Å². The molecule has 148 valence electrons. The molecular formula is C18H26F2N6O. The summed E-state index contributed by atoms with van der Waals surface area (Å²) in [6.45, 7) is 5.79. The van der Waals surface area contributed by atoms with Crippen molar-refractivity contribution in [2.75, 3.05) is 26.7 Å². The second kappa shape index (κ2) is 7.03. The van der Waals surface area contributed by atoms with E-state index in [0.29, 0.717) is 11.6 Å². The molecule has 3 rings (SSSR count). The van der Waals surface area contributed by atoms with Crippen molar-refractivity contribution >= 4 is 12.1 Å². The zero-order valence-electron chi connectivity index (χ0n) is 15.8. The summed E-state index contributed by atoms with van der Waals surface area (Å²) >= 11 is 0. The lowest BCUT2D eigenvalue weighted by atomic mass is 9.73. The van der Waals surface area contributed by atoms with Gasteiger partial charge in [0.2, 0.25) is 0 Å². The number of aromatic nitrogens is 2. The Morgan fingerprint density at radius 2 is 2.11 bits per heavy atom. The first-order chi connectivity index (χ1) is 12.6. The first-order valence-corrected chi connectivity index (χ1v) is 9.01. The molecule has 2 aliphatic rings. The van der Waals surface area contributed by atoms with Crippen molar-refractivity contribution in [3.05, 3.63) is 28.8 Å². The number of H-pyrrole nitrogens is 1. The molecule has 2 heterocycles. The van der Waals surface area contributed by atoms with Gasteiger partial charge in [0.05, 0.1) is 5.70 Å². The van der Waals surface area contributed by atoms with Crippen LogP contribution in [0.4, 0.5) is 8.78 Å². The average Bonchev–Trinajstić information content (AvgIpc) is 2.93. The van der Waals surface area contributed by atoms with Crippen molar-refractivity contribution < 1.29 is 13.6 Å². The van der Waals surface area contributed by atoms with Crippen LogP contribution < -0.4 is 10.6 Å². The second-order valence-electron chi connectivity index (χ2n) is 8.16. The molecule has 0 radical (unpaired) electrons. The summed E-state index contributed by atoms with van der Waals surface area (Å²) in [6.07, 6.45) is 2.17. The number of allylic oxidation sites excluding steroid dienone is 1. The van der Waals surface area contributed by atoms with Gasteiger partial charge in [-0.15, -0.1) is 0 Å². The van der Waals surface area contributed by atoms with Gasteiger partial charge in [0.1, 0.15) is 0 Å². The smallest absolute Gasteiger partial charge is 0.276 e. The first-order valence-electron chi connectivity index (χ1n) is 9.01. The predicted molar refractivity (Wildman–Crippen MR) is 98.0 cm³/mol. The molecule has 1 saturated heterocycles. The van der Waals surface area contributed by atoms with Crippen LogP contribution >= 0.6 is 0 Å². The topological polar surface area (TPSA) is 96.9 Å². The van der Waals surface area contributed by atoms with Crippen LogP contribution in [0.15, 0.2) is 11.9 Å². The number of nitrogens with zero attached hydrogens (tertiary/aromatic N) is 2. The van der Waals surface area contributed by atoms with Gasteiger partial charge in [-0.05, 0) is 7.05 Å². The highest BCUT2D eigenvalue weighted by Crippen LogP contribution is 2.46. The minimum Gasteiger partial charge on any atom is -0.389 e. The minimum atomic E-state index is -2.92. The second-order valence-corrected chi connectivity index (χ2v) is 8.16. The zero-order chi connectivity index (χ0) is 19.8. The summed E-state index contributed by atoms with van der Waals surface area (Å²) in [5.41, 5.74) is -0.143. The maximum atomic E-state index is 14.4. The summed E-state index contributed by atoms with van der Waals surface area (Å²) < 4.78 is 28.8. The molecule has 0 unspecified atom stereocenters. The van der Waals surface area contributed by atoms with E-state index in [2.05, 4.69) is 25.7 Å². The molecule has 0 bridgehead atoms. The van der Waals surface area contributed by atoms with Gasteiger partial charge in [0, 0.05) is 67.5 Å². The number of aromatic amines is 1. The quantitative estimate of drug-likeness (QED) is 0.563. The van der Waals surface area contributed by atoms with Crippen LogP contribution in [-0.2, 0) is 12.8 Å². The van der Waals surface area contributed by atoms with Crippen molar-refractivity contribution in [2.24, 2.45) is 11.3 Å². The Balaban J connectivity index is 1.66. The van der Waals surface area contributed by atoms with Crippen LogP contribution in [0.5, 0.6) is 0 Å². The number of fused-ring (bicyclic) bond motifs is 1. The molecule has 1 aromatic heterocycles. The first kappa shape index (κ1) is 19.5. The van der Waals surface area contributed by atoms with Crippen LogP contribution in [0.1, 0.15) is 35.6 Å². The third-order valence-electron chi connectivity index (χ3n) is 5.39. The van der Waals surface area contributed by atoms with Gasteiger partial charge < -0.3 is 20.9 Å². The molecular weight excluding hydrogens is 354 g/mol. The molecule has 9 heteroatoms. The molecule has 0 aromatic carbocycles. The van der Waals surface area contributed by atoms with E-state index < -0.39 is 23.7 Å². The van der Waals surface area contributed by atoms with E-state index in [4.69, 9.17) is 5.41 Å². The fraction of sp³-hybridized carbons (Fsp3) is 0.611. The van der Waals surface area contributed by atoms with E-state index in [1.807, 2.05) is 7.05 Å². The van der Waals surface area contributed by atoms with E-state index in [9.17, 15) is 13.6 Å². The monoisotopic (exact) mass is 380 g/mol. The standard InChI is InChI=1S/C18H26F2N6O/c1-17(2)5-14-13(4-18(17,19)20)15(25-24-14)16(27)23-12(6-21)8-22-7-11-9-26(3)10-11/h6,8,11,21-22H,4-5,7,9-10H2,1-3H3,(H,23,27)(H,24,25)/b12-8+,21-6?. The van der Waals surface area contributed by atoms with Gasteiger partial charge in [-0.1, -0.05) is 13.8 Å². The van der Waals surface area contributed by atoms with Crippen LogP contribution in [0, 0.1) is 16.7 Å². The number of likely N-dealkylation sites (tertiary alicyclic amines) is 1. The molecule has 1 aromatic rings. The molecule has 4 N–H and O–H groups in total. The van der Waals surface area contributed by atoms with E-state index in [1.165, 1.54) is 13.8 Å². The SMILES string of the molecule is CN1CC(CN/C=C(\C=N)NC(=O)c2n[nH]c3c2CC(F)(F)C(C)(C)C3)C1. The fourth-order valence-corrected chi connectivity index (χ4v) is 3.56.